The quantitative estimate of drug-likeness (QED) is 0.741. The van der Waals surface area contributed by atoms with E-state index in [1.165, 1.54) is 12.1 Å². The first kappa shape index (κ1) is 18.6. The van der Waals surface area contributed by atoms with Gasteiger partial charge in [-0.25, -0.2) is 9.37 Å². The van der Waals surface area contributed by atoms with Gasteiger partial charge >= 0.3 is 6.01 Å². The van der Waals surface area contributed by atoms with Crippen LogP contribution in [0.1, 0.15) is 44.2 Å². The van der Waals surface area contributed by atoms with Crippen LogP contribution in [-0.2, 0) is 0 Å². The summed E-state index contributed by atoms with van der Waals surface area (Å²) < 4.78 is 20.7. The Morgan fingerprint density at radius 3 is 2.50 bits per heavy atom. The summed E-state index contributed by atoms with van der Waals surface area (Å²) in [4.78, 5) is 13.4. The lowest BCUT2D eigenvalue weighted by Gasteiger charge is -2.33. The molecular weight excluding hydrogens is 359 g/mol. The predicted molar refractivity (Wildman–Crippen MR) is 103 cm³/mol. The van der Waals surface area contributed by atoms with E-state index >= 15 is 0 Å². The van der Waals surface area contributed by atoms with Crippen LogP contribution in [0.15, 0.2) is 43.0 Å². The molecule has 1 saturated carbocycles. The van der Waals surface area contributed by atoms with Gasteiger partial charge in [-0.1, -0.05) is 12.1 Å². The molecule has 28 heavy (non-hydrogen) atoms. The molecule has 1 N–H and O–H groups in total. The summed E-state index contributed by atoms with van der Waals surface area (Å²) in [7, 11) is 1.54. The van der Waals surface area contributed by atoms with Gasteiger partial charge in [-0.05, 0) is 50.3 Å². The minimum atomic E-state index is -0.642. The summed E-state index contributed by atoms with van der Waals surface area (Å²) in [5, 5.41) is 10.4. The summed E-state index contributed by atoms with van der Waals surface area (Å²) >= 11 is 0. The maximum Gasteiger partial charge on any atom is 0.318 e. The van der Waals surface area contributed by atoms with Crippen molar-refractivity contribution < 1.29 is 14.2 Å². The minimum absolute atomic E-state index is 0.152. The Morgan fingerprint density at radius 1 is 1.18 bits per heavy atom. The number of methoxy groups -OCH3 is 1. The zero-order valence-electron chi connectivity index (χ0n) is 16.0. The molecular formula is C21H23FN4O2. The van der Waals surface area contributed by atoms with Crippen LogP contribution in [0.25, 0.3) is 16.9 Å². The third-order valence-electron chi connectivity index (χ3n) is 5.41. The van der Waals surface area contributed by atoms with Gasteiger partial charge in [0.1, 0.15) is 12.1 Å². The van der Waals surface area contributed by atoms with Crippen LogP contribution in [0.2, 0.25) is 0 Å². The van der Waals surface area contributed by atoms with Gasteiger partial charge in [0.2, 0.25) is 0 Å². The van der Waals surface area contributed by atoms with Crippen molar-refractivity contribution in [1.29, 1.82) is 0 Å². The fourth-order valence-corrected chi connectivity index (χ4v) is 3.81. The molecule has 2 heterocycles. The number of aliphatic hydroxyl groups is 1. The van der Waals surface area contributed by atoms with E-state index in [1.807, 2.05) is 17.7 Å². The number of rotatable bonds is 4. The zero-order valence-corrected chi connectivity index (χ0v) is 16.0. The molecule has 0 radical (unpaired) electrons. The monoisotopic (exact) mass is 382 g/mol. The lowest BCUT2D eigenvalue weighted by molar-refractivity contribution is 0.0168. The average Bonchev–Trinajstić information content (AvgIpc) is 3.22. The summed E-state index contributed by atoms with van der Waals surface area (Å²) in [6.07, 6.45) is 8.19. The first-order valence-corrected chi connectivity index (χ1v) is 9.39. The molecule has 0 unspecified atom stereocenters. The Morgan fingerprint density at radius 2 is 1.89 bits per heavy atom. The van der Waals surface area contributed by atoms with E-state index in [0.29, 0.717) is 18.7 Å². The number of hydrogen-bond acceptors (Lipinski definition) is 5. The highest BCUT2D eigenvalue weighted by molar-refractivity contribution is 5.74. The largest absolute Gasteiger partial charge is 0.467 e. The Balaban J connectivity index is 1.90. The van der Waals surface area contributed by atoms with Gasteiger partial charge in [0.05, 0.1) is 18.4 Å². The molecule has 1 aliphatic rings. The maximum absolute atomic E-state index is 13.5. The molecule has 2 aromatic heterocycles. The van der Waals surface area contributed by atoms with Crippen LogP contribution in [0.3, 0.4) is 0 Å². The van der Waals surface area contributed by atoms with Gasteiger partial charge in [-0.15, -0.1) is 0 Å². The van der Waals surface area contributed by atoms with E-state index < -0.39 is 5.60 Å². The first-order chi connectivity index (χ1) is 13.5. The fraction of sp³-hybridized carbons (Fsp3) is 0.381. The minimum Gasteiger partial charge on any atom is -0.467 e. The molecule has 0 spiro atoms. The SMILES string of the molecule is COc1nc(C2CCC(C)(O)CC2)c(-c2ccc(F)cc2)c(-n2ccnc2)n1. The fourth-order valence-electron chi connectivity index (χ4n) is 3.81. The smallest absolute Gasteiger partial charge is 0.318 e. The van der Waals surface area contributed by atoms with Crippen LogP contribution >= 0.6 is 0 Å². The van der Waals surface area contributed by atoms with Gasteiger partial charge in [0.15, 0.2) is 5.82 Å². The Labute approximate surface area is 163 Å². The number of halogens is 1. The number of nitrogens with zero attached hydrogens (tertiary/aromatic N) is 4. The molecule has 0 aliphatic heterocycles. The van der Waals surface area contributed by atoms with Crippen molar-refractivity contribution in [1.82, 2.24) is 19.5 Å². The summed E-state index contributed by atoms with van der Waals surface area (Å²) in [5.74, 6) is 0.500. The number of aromatic nitrogens is 4. The van der Waals surface area contributed by atoms with Crippen LogP contribution < -0.4 is 4.74 Å². The molecule has 1 fully saturated rings. The number of hydrogen-bond donors (Lipinski definition) is 1. The Bertz CT molecular complexity index is 945. The van der Waals surface area contributed by atoms with Crippen molar-refractivity contribution in [3.8, 4) is 23.0 Å². The van der Waals surface area contributed by atoms with Crippen molar-refractivity contribution in [2.75, 3.05) is 7.11 Å². The normalized spacial score (nSPS) is 22.2. The molecule has 4 rings (SSSR count). The molecule has 0 saturated heterocycles. The molecule has 7 heteroatoms. The first-order valence-electron chi connectivity index (χ1n) is 9.39. The van der Waals surface area contributed by atoms with Gasteiger partial charge in [0, 0.05) is 23.9 Å². The van der Waals surface area contributed by atoms with Gasteiger partial charge in [0.25, 0.3) is 0 Å². The van der Waals surface area contributed by atoms with E-state index in [2.05, 4.69) is 15.0 Å². The topological polar surface area (TPSA) is 73.1 Å². The van der Waals surface area contributed by atoms with Crippen molar-refractivity contribution in [3.63, 3.8) is 0 Å². The number of ether oxygens (including phenoxy) is 1. The van der Waals surface area contributed by atoms with Crippen molar-refractivity contribution >= 4 is 0 Å². The number of imidazole rings is 1. The molecule has 3 aromatic rings. The second-order valence-electron chi connectivity index (χ2n) is 7.54. The third-order valence-corrected chi connectivity index (χ3v) is 5.41. The van der Waals surface area contributed by atoms with Gasteiger partial charge in [-0.3, -0.25) is 4.57 Å². The van der Waals surface area contributed by atoms with E-state index in [0.717, 1.165) is 29.7 Å². The molecule has 146 valence electrons. The number of benzene rings is 1. The predicted octanol–water partition coefficient (Wildman–Crippen LogP) is 3.89. The van der Waals surface area contributed by atoms with Crippen LogP contribution in [-0.4, -0.2) is 37.3 Å². The third kappa shape index (κ3) is 3.62. The lowest BCUT2D eigenvalue weighted by atomic mass is 9.77. The molecule has 0 amide bonds. The summed E-state index contributed by atoms with van der Waals surface area (Å²) in [6.45, 7) is 1.88. The maximum atomic E-state index is 13.5. The standard InChI is InChI=1S/C21H23FN4O2/c1-21(27)9-7-15(8-10-21)18-17(14-3-5-16(22)6-4-14)19(25-20(24-18)28-2)26-12-11-23-13-26/h3-6,11-13,15,27H,7-10H2,1-2H3. The molecule has 0 bridgehead atoms. The molecule has 1 aromatic carbocycles. The van der Waals surface area contributed by atoms with Crippen molar-refractivity contribution in [3.05, 3.63) is 54.5 Å². The van der Waals surface area contributed by atoms with E-state index in [-0.39, 0.29) is 17.7 Å². The second-order valence-corrected chi connectivity index (χ2v) is 7.54. The zero-order chi connectivity index (χ0) is 19.7. The highest BCUT2D eigenvalue weighted by Crippen LogP contribution is 2.42. The Hall–Kier alpha value is -2.80. The van der Waals surface area contributed by atoms with Crippen LogP contribution in [0.5, 0.6) is 6.01 Å². The van der Waals surface area contributed by atoms with Crippen LogP contribution in [0.4, 0.5) is 4.39 Å². The average molecular weight is 382 g/mol. The summed E-state index contributed by atoms with van der Waals surface area (Å²) in [6, 6.07) is 6.63. The van der Waals surface area contributed by atoms with E-state index in [9.17, 15) is 9.50 Å². The van der Waals surface area contributed by atoms with Crippen molar-refractivity contribution in [2.45, 2.75) is 44.1 Å². The van der Waals surface area contributed by atoms with Crippen LogP contribution in [0, 0.1) is 5.82 Å². The van der Waals surface area contributed by atoms with Gasteiger partial charge in [-0.2, -0.15) is 9.97 Å². The highest BCUT2D eigenvalue weighted by Gasteiger charge is 2.33. The van der Waals surface area contributed by atoms with E-state index in [4.69, 9.17) is 4.74 Å². The molecule has 1 aliphatic carbocycles. The lowest BCUT2D eigenvalue weighted by Crippen LogP contribution is -2.30. The second kappa shape index (κ2) is 7.31. The molecule has 6 nitrogen and oxygen atoms in total. The summed E-state index contributed by atoms with van der Waals surface area (Å²) in [5.41, 5.74) is 1.89. The molecule has 0 atom stereocenters. The van der Waals surface area contributed by atoms with Gasteiger partial charge < -0.3 is 9.84 Å². The van der Waals surface area contributed by atoms with E-state index in [1.54, 1.807) is 31.8 Å². The Kier molecular flexibility index (Phi) is 4.85. The van der Waals surface area contributed by atoms with Crippen molar-refractivity contribution in [2.24, 2.45) is 0 Å². The highest BCUT2D eigenvalue weighted by atomic mass is 19.1.